The number of aliphatic hydroxyl groups is 5. The fraction of sp³-hybridized carbons (Fsp3) is 0.894. The molecule has 12 nitrogen and oxygen atoms in total. The molecule has 6 unspecified atom stereocenters. The first-order chi connectivity index (χ1) is 29.0. The lowest BCUT2D eigenvalue weighted by Crippen LogP contribution is -2.64. The van der Waals surface area contributed by atoms with Crippen molar-refractivity contribution in [2.75, 3.05) is 19.8 Å². The molecule has 0 heterocycles. The predicted molar refractivity (Wildman–Crippen MR) is 240 cm³/mol. The number of rotatable bonds is 41. The molecular formula is C47H89O12P. The van der Waals surface area contributed by atoms with E-state index in [4.69, 9.17) is 18.5 Å². The Morgan fingerprint density at radius 3 is 1.37 bits per heavy atom. The second-order valence-electron chi connectivity index (χ2n) is 17.0. The summed E-state index contributed by atoms with van der Waals surface area (Å²) in [5, 5.41) is 50.2. The van der Waals surface area contributed by atoms with Crippen molar-refractivity contribution in [1.82, 2.24) is 0 Å². The third-order valence-electron chi connectivity index (χ3n) is 11.3. The van der Waals surface area contributed by atoms with E-state index < -0.39 is 63.1 Å². The summed E-state index contributed by atoms with van der Waals surface area (Å²) < 4.78 is 34.2. The molecule has 60 heavy (non-hydrogen) atoms. The predicted octanol–water partition coefficient (Wildman–Crippen LogP) is 10.1. The van der Waals surface area contributed by atoms with Crippen molar-refractivity contribution in [3.05, 3.63) is 24.3 Å². The first-order valence-electron chi connectivity index (χ1n) is 24.2. The van der Waals surface area contributed by atoms with Crippen molar-refractivity contribution in [2.24, 2.45) is 0 Å². The van der Waals surface area contributed by atoms with Crippen LogP contribution in [0.5, 0.6) is 0 Å². The molecule has 1 fully saturated rings. The second-order valence-corrected chi connectivity index (χ2v) is 18.4. The Hall–Kier alpha value is -1.18. The summed E-state index contributed by atoms with van der Waals surface area (Å²) in [4.78, 5) is 23.2. The lowest BCUT2D eigenvalue weighted by atomic mass is 9.85. The van der Waals surface area contributed by atoms with E-state index in [9.17, 15) is 39.8 Å². The van der Waals surface area contributed by atoms with Crippen LogP contribution in [0.1, 0.15) is 206 Å². The van der Waals surface area contributed by atoms with Gasteiger partial charge in [0, 0.05) is 13.0 Å². The van der Waals surface area contributed by atoms with Gasteiger partial charge in [0.25, 0.3) is 0 Å². The summed E-state index contributed by atoms with van der Waals surface area (Å²) in [5.74, 6) is -0.480. The Morgan fingerprint density at radius 2 is 0.900 bits per heavy atom. The van der Waals surface area contributed by atoms with Gasteiger partial charge < -0.3 is 39.9 Å². The number of hydrogen-bond acceptors (Lipinski definition) is 11. The number of ether oxygens (including phenoxy) is 2. The molecule has 1 aliphatic rings. The standard InChI is InChI=1S/C47H89O12P/c1-3-5-7-9-11-13-15-17-18-19-20-21-22-23-24-25-26-28-30-32-34-36-41(48)58-40(38-56-37-35-33-31-29-27-16-14-12-10-8-6-4-2)39-57-60(54,55)59-47-45(52)43(50)42(49)44(51)46(47)53/h10,12,19-20,40,42-47,49-53H,3-9,11,13-18,21-39H2,1-2H3,(H,54,55)/b12-10-,20-19-. The van der Waals surface area contributed by atoms with Crippen molar-refractivity contribution in [3.8, 4) is 0 Å². The van der Waals surface area contributed by atoms with Crippen LogP contribution in [-0.4, -0.2) is 98.9 Å². The Kier molecular flexibility index (Phi) is 36.3. The van der Waals surface area contributed by atoms with Crippen LogP contribution in [0.25, 0.3) is 0 Å². The second kappa shape index (κ2) is 38.3. The molecule has 0 aromatic rings. The van der Waals surface area contributed by atoms with Gasteiger partial charge in [-0.1, -0.05) is 167 Å². The van der Waals surface area contributed by atoms with E-state index in [1.807, 2.05) is 0 Å². The fourth-order valence-corrected chi connectivity index (χ4v) is 8.36. The number of phosphoric ester groups is 1. The van der Waals surface area contributed by atoms with Gasteiger partial charge in [-0.3, -0.25) is 13.8 Å². The molecule has 0 saturated heterocycles. The number of carbonyl (C=O) groups excluding carboxylic acids is 1. The average Bonchev–Trinajstić information content (AvgIpc) is 3.23. The van der Waals surface area contributed by atoms with Crippen molar-refractivity contribution in [2.45, 2.75) is 249 Å². The monoisotopic (exact) mass is 877 g/mol. The van der Waals surface area contributed by atoms with Gasteiger partial charge in [0.1, 0.15) is 42.7 Å². The molecule has 13 heteroatoms. The van der Waals surface area contributed by atoms with E-state index in [2.05, 4.69) is 38.2 Å². The van der Waals surface area contributed by atoms with Crippen LogP contribution in [0.2, 0.25) is 0 Å². The van der Waals surface area contributed by atoms with Gasteiger partial charge in [-0.05, 0) is 57.8 Å². The largest absolute Gasteiger partial charge is 0.472 e. The molecule has 0 aromatic carbocycles. The first kappa shape index (κ1) is 56.8. The van der Waals surface area contributed by atoms with E-state index in [0.29, 0.717) is 13.0 Å². The number of esters is 1. The molecule has 1 saturated carbocycles. The minimum absolute atomic E-state index is 0.0794. The SMILES string of the molecule is CCCC/C=C\CCCCCCCCOCC(COP(=O)(O)OC1C(O)C(O)C(O)C(O)C1O)OC(=O)CCCCCCCCCCC/C=C\CCCCCCCCCC. The van der Waals surface area contributed by atoms with Gasteiger partial charge in [0.15, 0.2) is 0 Å². The molecule has 0 aliphatic heterocycles. The quantitative estimate of drug-likeness (QED) is 0.0148. The van der Waals surface area contributed by atoms with E-state index in [0.717, 1.165) is 57.8 Å². The van der Waals surface area contributed by atoms with Gasteiger partial charge in [0.05, 0.1) is 13.2 Å². The molecule has 0 aromatic heterocycles. The molecule has 6 N–H and O–H groups in total. The Balaban J connectivity index is 2.34. The third-order valence-corrected chi connectivity index (χ3v) is 12.3. The maximum Gasteiger partial charge on any atom is 0.472 e. The van der Waals surface area contributed by atoms with E-state index >= 15 is 0 Å². The zero-order valence-corrected chi connectivity index (χ0v) is 38.7. The number of carbonyl (C=O) groups is 1. The molecule has 0 bridgehead atoms. The summed E-state index contributed by atoms with van der Waals surface area (Å²) in [6, 6.07) is 0. The van der Waals surface area contributed by atoms with Gasteiger partial charge >= 0.3 is 13.8 Å². The highest BCUT2D eigenvalue weighted by Crippen LogP contribution is 2.47. The summed E-state index contributed by atoms with van der Waals surface area (Å²) >= 11 is 0. The van der Waals surface area contributed by atoms with Crippen LogP contribution in [-0.2, 0) is 27.9 Å². The normalized spacial score (nSPS) is 22.5. The van der Waals surface area contributed by atoms with Gasteiger partial charge in [-0.2, -0.15) is 0 Å². The molecule has 0 radical (unpaired) electrons. The number of unbranched alkanes of at least 4 members (excludes halogenated alkanes) is 25. The van der Waals surface area contributed by atoms with E-state index in [-0.39, 0.29) is 13.0 Å². The highest BCUT2D eigenvalue weighted by molar-refractivity contribution is 7.47. The zero-order chi connectivity index (χ0) is 44.1. The summed E-state index contributed by atoms with van der Waals surface area (Å²) in [6.07, 6.45) is 31.1. The average molecular weight is 877 g/mol. The van der Waals surface area contributed by atoms with Crippen molar-refractivity contribution in [3.63, 3.8) is 0 Å². The van der Waals surface area contributed by atoms with Crippen LogP contribution >= 0.6 is 7.82 Å². The molecule has 0 spiro atoms. The number of hydrogen-bond donors (Lipinski definition) is 6. The lowest BCUT2D eigenvalue weighted by Gasteiger charge is -2.41. The molecule has 0 amide bonds. The number of phosphoric acid groups is 1. The minimum Gasteiger partial charge on any atom is -0.457 e. The van der Waals surface area contributed by atoms with Crippen LogP contribution < -0.4 is 0 Å². The lowest BCUT2D eigenvalue weighted by molar-refractivity contribution is -0.220. The van der Waals surface area contributed by atoms with E-state index in [1.165, 1.54) is 122 Å². The minimum atomic E-state index is -5.02. The highest BCUT2D eigenvalue weighted by Gasteiger charge is 2.51. The van der Waals surface area contributed by atoms with E-state index in [1.54, 1.807) is 0 Å². The molecular weight excluding hydrogens is 787 g/mol. The maximum atomic E-state index is 12.8. The summed E-state index contributed by atoms with van der Waals surface area (Å²) in [7, 11) is -5.02. The summed E-state index contributed by atoms with van der Waals surface area (Å²) in [6.45, 7) is 4.22. The third kappa shape index (κ3) is 30.0. The topological polar surface area (TPSA) is 192 Å². The smallest absolute Gasteiger partial charge is 0.457 e. The van der Waals surface area contributed by atoms with Crippen LogP contribution in [0, 0.1) is 0 Å². The van der Waals surface area contributed by atoms with Gasteiger partial charge in [-0.25, -0.2) is 4.57 Å². The van der Waals surface area contributed by atoms with Crippen molar-refractivity contribution >= 4 is 13.8 Å². The Morgan fingerprint density at radius 1 is 0.517 bits per heavy atom. The van der Waals surface area contributed by atoms with Gasteiger partial charge in [0.2, 0.25) is 0 Å². The van der Waals surface area contributed by atoms with Crippen molar-refractivity contribution in [1.29, 1.82) is 0 Å². The highest BCUT2D eigenvalue weighted by atomic mass is 31.2. The first-order valence-corrected chi connectivity index (χ1v) is 25.7. The molecule has 6 atom stereocenters. The Bertz CT molecular complexity index is 1090. The van der Waals surface area contributed by atoms with Crippen molar-refractivity contribution < 1.29 is 58.3 Å². The fourth-order valence-electron chi connectivity index (χ4n) is 7.39. The van der Waals surface area contributed by atoms with Crippen LogP contribution in [0.4, 0.5) is 0 Å². The molecule has 354 valence electrons. The summed E-state index contributed by atoms with van der Waals surface area (Å²) in [5.41, 5.74) is 0. The zero-order valence-electron chi connectivity index (χ0n) is 37.8. The van der Waals surface area contributed by atoms with Crippen LogP contribution in [0.3, 0.4) is 0 Å². The number of allylic oxidation sites excluding steroid dienone is 4. The van der Waals surface area contributed by atoms with Gasteiger partial charge in [-0.15, -0.1) is 0 Å². The van der Waals surface area contributed by atoms with Crippen LogP contribution in [0.15, 0.2) is 24.3 Å². The molecule has 1 rings (SSSR count). The molecule has 1 aliphatic carbocycles. The Labute approximate surface area is 364 Å². The maximum absolute atomic E-state index is 12.8. The number of aliphatic hydroxyl groups excluding tert-OH is 5.